The standard InChI is InChI=1S/C18H19Cl3FNO3/c19-6-5-11(24)9-26-12-2-3-13(16(22)8-12)18(25)17(23)10-1-4-14(20)15(21)7-10/h1-4,7-8,11,17-18,24-25H,5-6,9,23H2. The minimum atomic E-state index is -1.29. The van der Waals surface area contributed by atoms with Crippen molar-refractivity contribution in [2.45, 2.75) is 24.7 Å². The zero-order valence-electron chi connectivity index (χ0n) is 13.7. The second kappa shape index (κ2) is 9.74. The van der Waals surface area contributed by atoms with Gasteiger partial charge in [-0.2, -0.15) is 0 Å². The molecule has 0 saturated heterocycles. The van der Waals surface area contributed by atoms with E-state index in [0.717, 1.165) is 6.07 Å². The van der Waals surface area contributed by atoms with Gasteiger partial charge < -0.3 is 20.7 Å². The van der Waals surface area contributed by atoms with Gasteiger partial charge in [-0.25, -0.2) is 4.39 Å². The number of aliphatic hydroxyl groups is 2. The van der Waals surface area contributed by atoms with Crippen LogP contribution in [0.25, 0.3) is 0 Å². The summed E-state index contributed by atoms with van der Waals surface area (Å²) < 4.78 is 19.7. The van der Waals surface area contributed by atoms with Crippen LogP contribution in [0, 0.1) is 5.82 Å². The number of benzene rings is 2. The second-order valence-electron chi connectivity index (χ2n) is 5.77. The molecule has 0 saturated carbocycles. The number of rotatable bonds is 8. The van der Waals surface area contributed by atoms with Crippen molar-refractivity contribution >= 4 is 34.8 Å². The highest BCUT2D eigenvalue weighted by atomic mass is 35.5. The fourth-order valence-corrected chi connectivity index (χ4v) is 2.89. The first kappa shape index (κ1) is 21.2. The number of aliphatic hydroxyl groups excluding tert-OH is 2. The van der Waals surface area contributed by atoms with Gasteiger partial charge in [0.2, 0.25) is 0 Å². The average molecular weight is 423 g/mol. The highest BCUT2D eigenvalue weighted by molar-refractivity contribution is 6.42. The van der Waals surface area contributed by atoms with E-state index in [2.05, 4.69) is 0 Å². The largest absolute Gasteiger partial charge is 0.491 e. The van der Waals surface area contributed by atoms with Crippen molar-refractivity contribution in [1.29, 1.82) is 0 Å². The third kappa shape index (κ3) is 5.46. The lowest BCUT2D eigenvalue weighted by molar-refractivity contribution is 0.104. The van der Waals surface area contributed by atoms with Crippen LogP contribution in [0.2, 0.25) is 10.0 Å². The van der Waals surface area contributed by atoms with E-state index in [1.54, 1.807) is 12.1 Å². The first-order valence-electron chi connectivity index (χ1n) is 7.88. The average Bonchev–Trinajstić information content (AvgIpc) is 2.61. The fraction of sp³-hybridized carbons (Fsp3) is 0.333. The van der Waals surface area contributed by atoms with Gasteiger partial charge in [-0.3, -0.25) is 0 Å². The molecule has 3 unspecified atom stereocenters. The summed E-state index contributed by atoms with van der Waals surface area (Å²) in [5.41, 5.74) is 6.58. The fourth-order valence-electron chi connectivity index (χ4n) is 2.33. The molecule has 0 fully saturated rings. The molecule has 26 heavy (non-hydrogen) atoms. The molecule has 3 atom stereocenters. The molecule has 0 aliphatic heterocycles. The van der Waals surface area contributed by atoms with Crippen LogP contribution in [-0.4, -0.2) is 28.8 Å². The summed E-state index contributed by atoms with van der Waals surface area (Å²) >= 11 is 17.3. The lowest BCUT2D eigenvalue weighted by atomic mass is 9.96. The van der Waals surface area contributed by atoms with Gasteiger partial charge in [0.05, 0.1) is 22.2 Å². The van der Waals surface area contributed by atoms with Crippen LogP contribution in [0.5, 0.6) is 5.75 Å². The van der Waals surface area contributed by atoms with Crippen molar-refractivity contribution in [1.82, 2.24) is 0 Å². The third-order valence-electron chi connectivity index (χ3n) is 3.84. The first-order chi connectivity index (χ1) is 12.3. The molecule has 4 N–H and O–H groups in total. The van der Waals surface area contributed by atoms with Gasteiger partial charge in [-0.1, -0.05) is 29.3 Å². The summed E-state index contributed by atoms with van der Waals surface area (Å²) in [5.74, 6) is -0.135. The number of hydrogen-bond acceptors (Lipinski definition) is 4. The van der Waals surface area contributed by atoms with Crippen molar-refractivity contribution < 1.29 is 19.3 Å². The summed E-state index contributed by atoms with van der Waals surface area (Å²) in [7, 11) is 0. The quantitative estimate of drug-likeness (QED) is 0.556. The molecule has 0 bridgehead atoms. The minimum Gasteiger partial charge on any atom is -0.491 e. The molecule has 2 aromatic rings. The Kier molecular flexibility index (Phi) is 7.95. The van der Waals surface area contributed by atoms with Crippen molar-refractivity contribution in [3.63, 3.8) is 0 Å². The Morgan fingerprint density at radius 2 is 1.81 bits per heavy atom. The summed E-state index contributed by atoms with van der Waals surface area (Å²) in [6.07, 6.45) is -1.65. The Hall–Kier alpha value is -1.08. The van der Waals surface area contributed by atoms with Crippen molar-refractivity contribution in [3.8, 4) is 5.75 Å². The molecule has 142 valence electrons. The number of halogens is 4. The Morgan fingerprint density at radius 3 is 2.42 bits per heavy atom. The van der Waals surface area contributed by atoms with Crippen LogP contribution in [0.4, 0.5) is 4.39 Å². The monoisotopic (exact) mass is 421 g/mol. The highest BCUT2D eigenvalue weighted by Crippen LogP contribution is 2.33. The first-order valence-corrected chi connectivity index (χ1v) is 9.17. The van der Waals surface area contributed by atoms with Crippen LogP contribution in [-0.2, 0) is 0 Å². The summed E-state index contributed by atoms with van der Waals surface area (Å²) in [6, 6.07) is 7.84. The van der Waals surface area contributed by atoms with Crippen LogP contribution in [0.15, 0.2) is 36.4 Å². The molecule has 0 radical (unpaired) electrons. The normalized spacial score (nSPS) is 14.7. The molecule has 0 spiro atoms. The number of nitrogens with two attached hydrogens (primary N) is 1. The van der Waals surface area contributed by atoms with Gasteiger partial charge in [-0.05, 0) is 36.2 Å². The predicted molar refractivity (Wildman–Crippen MR) is 102 cm³/mol. The van der Waals surface area contributed by atoms with Gasteiger partial charge in [-0.15, -0.1) is 11.6 Å². The highest BCUT2D eigenvalue weighted by Gasteiger charge is 2.23. The molecule has 0 aliphatic rings. The van der Waals surface area contributed by atoms with Gasteiger partial charge in [0.1, 0.15) is 24.3 Å². The van der Waals surface area contributed by atoms with Gasteiger partial charge in [0, 0.05) is 17.5 Å². The van der Waals surface area contributed by atoms with E-state index in [1.807, 2.05) is 0 Å². The van der Waals surface area contributed by atoms with E-state index in [0.29, 0.717) is 27.9 Å². The molecule has 2 aromatic carbocycles. The van der Waals surface area contributed by atoms with E-state index in [1.165, 1.54) is 18.2 Å². The molecule has 0 heterocycles. The minimum absolute atomic E-state index is 0.00313. The zero-order chi connectivity index (χ0) is 19.3. The van der Waals surface area contributed by atoms with Crippen LogP contribution in [0.3, 0.4) is 0 Å². The molecule has 0 aromatic heterocycles. The predicted octanol–water partition coefficient (Wildman–Crippen LogP) is 4.23. The number of alkyl halides is 1. The third-order valence-corrected chi connectivity index (χ3v) is 4.80. The zero-order valence-corrected chi connectivity index (χ0v) is 16.0. The molecule has 0 amide bonds. The molecule has 2 rings (SSSR count). The second-order valence-corrected chi connectivity index (χ2v) is 6.96. The van der Waals surface area contributed by atoms with Gasteiger partial charge in [0.15, 0.2) is 0 Å². The van der Waals surface area contributed by atoms with Crippen molar-refractivity contribution in [3.05, 3.63) is 63.4 Å². The Morgan fingerprint density at radius 1 is 1.08 bits per heavy atom. The lowest BCUT2D eigenvalue weighted by Gasteiger charge is -2.21. The van der Waals surface area contributed by atoms with Crippen LogP contribution in [0.1, 0.15) is 29.7 Å². The van der Waals surface area contributed by atoms with E-state index in [-0.39, 0.29) is 17.9 Å². The lowest BCUT2D eigenvalue weighted by Crippen LogP contribution is -2.21. The van der Waals surface area contributed by atoms with Crippen molar-refractivity contribution in [2.24, 2.45) is 5.73 Å². The van der Waals surface area contributed by atoms with E-state index < -0.39 is 24.1 Å². The SMILES string of the molecule is NC(c1ccc(Cl)c(Cl)c1)C(O)c1ccc(OCC(O)CCCl)cc1F. The van der Waals surface area contributed by atoms with Crippen molar-refractivity contribution in [2.75, 3.05) is 12.5 Å². The Labute approximate surface area is 166 Å². The van der Waals surface area contributed by atoms with Gasteiger partial charge in [0.25, 0.3) is 0 Å². The van der Waals surface area contributed by atoms with E-state index in [9.17, 15) is 14.6 Å². The number of hydrogen-bond donors (Lipinski definition) is 3. The van der Waals surface area contributed by atoms with E-state index in [4.69, 9.17) is 45.3 Å². The summed E-state index contributed by atoms with van der Waals surface area (Å²) in [5, 5.41) is 20.7. The maximum atomic E-state index is 14.4. The summed E-state index contributed by atoms with van der Waals surface area (Å²) in [4.78, 5) is 0. The molecular weight excluding hydrogens is 404 g/mol. The number of ether oxygens (including phenoxy) is 1. The maximum absolute atomic E-state index is 14.4. The summed E-state index contributed by atoms with van der Waals surface area (Å²) in [6.45, 7) is -0.00313. The van der Waals surface area contributed by atoms with E-state index >= 15 is 0 Å². The maximum Gasteiger partial charge on any atom is 0.132 e. The Bertz CT molecular complexity index is 748. The molecular formula is C18H19Cl3FNO3. The van der Waals surface area contributed by atoms with Gasteiger partial charge >= 0.3 is 0 Å². The van der Waals surface area contributed by atoms with Crippen LogP contribution >= 0.6 is 34.8 Å². The van der Waals surface area contributed by atoms with Crippen LogP contribution < -0.4 is 10.5 Å². The molecule has 4 nitrogen and oxygen atoms in total. The molecule has 0 aliphatic carbocycles. The smallest absolute Gasteiger partial charge is 0.132 e. The Balaban J connectivity index is 2.10. The molecule has 8 heteroatoms. The topological polar surface area (TPSA) is 75.7 Å².